The van der Waals surface area contributed by atoms with Gasteiger partial charge in [-0.1, -0.05) is 28.9 Å². The Morgan fingerprint density at radius 1 is 1.25 bits per heavy atom. The topological polar surface area (TPSA) is 51.0 Å². The van der Waals surface area contributed by atoms with Gasteiger partial charge in [0.25, 0.3) is 5.89 Å². The molecule has 1 N–H and O–H groups in total. The van der Waals surface area contributed by atoms with E-state index in [0.717, 1.165) is 15.6 Å². The van der Waals surface area contributed by atoms with Gasteiger partial charge in [-0.15, -0.1) is 11.3 Å². The molecule has 0 amide bonds. The van der Waals surface area contributed by atoms with Crippen molar-refractivity contribution in [3.63, 3.8) is 0 Å². The van der Waals surface area contributed by atoms with Crippen molar-refractivity contribution >= 4 is 28.6 Å². The first kappa shape index (κ1) is 13.1. The summed E-state index contributed by atoms with van der Waals surface area (Å²) in [6.07, 6.45) is 0. The number of thiophene rings is 1. The molecule has 3 aromatic rings. The van der Waals surface area contributed by atoms with Gasteiger partial charge >= 0.3 is 0 Å². The lowest BCUT2D eigenvalue weighted by atomic mass is 10.1. The SMILES string of the molecule is Cc1noc(-c2ccccc2NCc2ccc(Cl)s2)n1. The van der Waals surface area contributed by atoms with Crippen molar-refractivity contribution in [2.75, 3.05) is 5.32 Å². The van der Waals surface area contributed by atoms with Crippen molar-refractivity contribution in [1.29, 1.82) is 0 Å². The molecule has 0 spiro atoms. The van der Waals surface area contributed by atoms with Crippen LogP contribution in [0.1, 0.15) is 10.7 Å². The second-order valence-electron chi connectivity index (χ2n) is 4.25. The summed E-state index contributed by atoms with van der Waals surface area (Å²) in [7, 11) is 0. The number of para-hydroxylation sites is 1. The lowest BCUT2D eigenvalue weighted by Crippen LogP contribution is -1.99. The van der Waals surface area contributed by atoms with Crippen LogP contribution >= 0.6 is 22.9 Å². The molecule has 0 unspecified atom stereocenters. The monoisotopic (exact) mass is 305 g/mol. The summed E-state index contributed by atoms with van der Waals surface area (Å²) < 4.78 is 6.02. The molecule has 20 heavy (non-hydrogen) atoms. The van der Waals surface area contributed by atoms with E-state index >= 15 is 0 Å². The van der Waals surface area contributed by atoms with Crippen LogP contribution in [0.3, 0.4) is 0 Å². The van der Waals surface area contributed by atoms with Crippen LogP contribution in [-0.2, 0) is 6.54 Å². The number of anilines is 1. The summed E-state index contributed by atoms with van der Waals surface area (Å²) in [6.45, 7) is 2.51. The molecular formula is C14H12ClN3OS. The Balaban J connectivity index is 1.83. The third-order valence-electron chi connectivity index (χ3n) is 2.77. The van der Waals surface area contributed by atoms with Gasteiger partial charge in [-0.05, 0) is 31.2 Å². The molecule has 0 aliphatic rings. The molecule has 2 aromatic heterocycles. The Morgan fingerprint density at radius 3 is 2.80 bits per heavy atom. The smallest absolute Gasteiger partial charge is 0.260 e. The molecule has 0 aliphatic carbocycles. The fourth-order valence-corrected chi connectivity index (χ4v) is 2.89. The first-order valence-corrected chi connectivity index (χ1v) is 7.29. The minimum absolute atomic E-state index is 0.523. The maximum atomic E-state index is 5.93. The summed E-state index contributed by atoms with van der Waals surface area (Å²) >= 11 is 7.49. The van der Waals surface area contributed by atoms with E-state index in [1.54, 1.807) is 18.3 Å². The Labute approximate surface area is 125 Å². The number of aromatic nitrogens is 2. The predicted octanol–water partition coefficient (Wildman–Crippen LogP) is 4.37. The fraction of sp³-hybridized carbons (Fsp3) is 0.143. The van der Waals surface area contributed by atoms with Crippen LogP contribution in [0.5, 0.6) is 0 Å². The van der Waals surface area contributed by atoms with Gasteiger partial charge in [-0.2, -0.15) is 4.98 Å². The number of hydrogen-bond donors (Lipinski definition) is 1. The minimum Gasteiger partial charge on any atom is -0.380 e. The molecule has 1 aromatic carbocycles. The number of nitrogens with zero attached hydrogens (tertiary/aromatic N) is 2. The predicted molar refractivity (Wildman–Crippen MR) is 81.1 cm³/mol. The minimum atomic E-state index is 0.523. The van der Waals surface area contributed by atoms with E-state index in [1.165, 1.54) is 4.88 Å². The van der Waals surface area contributed by atoms with Crippen LogP contribution in [0, 0.1) is 6.92 Å². The number of aryl methyl sites for hydroxylation is 1. The van der Waals surface area contributed by atoms with Crippen LogP contribution in [-0.4, -0.2) is 10.1 Å². The average Bonchev–Trinajstić information content (AvgIpc) is 3.06. The van der Waals surface area contributed by atoms with E-state index in [9.17, 15) is 0 Å². The van der Waals surface area contributed by atoms with Gasteiger partial charge in [-0.3, -0.25) is 0 Å². The molecule has 102 valence electrons. The molecule has 0 aliphatic heterocycles. The first-order chi connectivity index (χ1) is 9.72. The highest BCUT2D eigenvalue weighted by Crippen LogP contribution is 2.28. The zero-order valence-electron chi connectivity index (χ0n) is 10.8. The van der Waals surface area contributed by atoms with Crippen molar-refractivity contribution in [2.45, 2.75) is 13.5 Å². The third kappa shape index (κ3) is 2.84. The van der Waals surface area contributed by atoms with E-state index in [2.05, 4.69) is 15.5 Å². The quantitative estimate of drug-likeness (QED) is 0.777. The Bertz CT molecular complexity index is 723. The fourth-order valence-electron chi connectivity index (χ4n) is 1.86. The van der Waals surface area contributed by atoms with Gasteiger partial charge in [0.2, 0.25) is 0 Å². The zero-order valence-corrected chi connectivity index (χ0v) is 12.3. The van der Waals surface area contributed by atoms with E-state index < -0.39 is 0 Å². The van der Waals surface area contributed by atoms with Crippen molar-refractivity contribution < 1.29 is 4.52 Å². The summed E-state index contributed by atoms with van der Waals surface area (Å²) in [5, 5.41) is 7.20. The van der Waals surface area contributed by atoms with Crippen LogP contribution < -0.4 is 5.32 Å². The van der Waals surface area contributed by atoms with E-state index in [4.69, 9.17) is 16.1 Å². The summed E-state index contributed by atoms with van der Waals surface area (Å²) in [6, 6.07) is 11.8. The Hall–Kier alpha value is -1.85. The molecular weight excluding hydrogens is 294 g/mol. The highest BCUT2D eigenvalue weighted by Gasteiger charge is 2.11. The molecule has 4 nitrogen and oxygen atoms in total. The Kier molecular flexibility index (Phi) is 3.71. The van der Waals surface area contributed by atoms with Gasteiger partial charge in [0.15, 0.2) is 5.82 Å². The highest BCUT2D eigenvalue weighted by atomic mass is 35.5. The maximum Gasteiger partial charge on any atom is 0.260 e. The maximum absolute atomic E-state index is 5.93. The van der Waals surface area contributed by atoms with E-state index in [1.807, 2.05) is 36.4 Å². The highest BCUT2D eigenvalue weighted by molar-refractivity contribution is 7.16. The number of benzene rings is 1. The van der Waals surface area contributed by atoms with Gasteiger partial charge in [0.05, 0.1) is 9.90 Å². The number of halogens is 1. The molecule has 0 fully saturated rings. The van der Waals surface area contributed by atoms with E-state index in [-0.39, 0.29) is 0 Å². The molecule has 0 saturated heterocycles. The van der Waals surface area contributed by atoms with Gasteiger partial charge < -0.3 is 9.84 Å². The van der Waals surface area contributed by atoms with Crippen LogP contribution in [0.25, 0.3) is 11.5 Å². The van der Waals surface area contributed by atoms with Gasteiger partial charge in [-0.25, -0.2) is 0 Å². The third-order valence-corrected chi connectivity index (χ3v) is 4.00. The summed E-state index contributed by atoms with van der Waals surface area (Å²) in [4.78, 5) is 5.44. The lowest BCUT2D eigenvalue weighted by molar-refractivity contribution is 0.426. The normalized spacial score (nSPS) is 10.7. The number of rotatable bonds is 4. The number of nitrogens with one attached hydrogen (secondary N) is 1. The van der Waals surface area contributed by atoms with Crippen molar-refractivity contribution in [3.8, 4) is 11.5 Å². The van der Waals surface area contributed by atoms with Crippen molar-refractivity contribution in [1.82, 2.24) is 10.1 Å². The molecule has 0 bridgehead atoms. The Morgan fingerprint density at radius 2 is 2.10 bits per heavy atom. The van der Waals surface area contributed by atoms with Crippen molar-refractivity contribution in [2.24, 2.45) is 0 Å². The molecule has 0 radical (unpaired) electrons. The van der Waals surface area contributed by atoms with E-state index in [0.29, 0.717) is 18.3 Å². The van der Waals surface area contributed by atoms with Crippen molar-refractivity contribution in [3.05, 3.63) is 51.4 Å². The molecule has 0 saturated carbocycles. The molecule has 2 heterocycles. The molecule has 0 atom stereocenters. The standard InChI is InChI=1S/C14H12ClN3OS/c1-9-17-14(19-18-9)11-4-2-3-5-12(11)16-8-10-6-7-13(15)20-10/h2-7,16H,8H2,1H3. The zero-order chi connectivity index (χ0) is 13.9. The summed E-state index contributed by atoms with van der Waals surface area (Å²) in [5.41, 5.74) is 1.86. The molecule has 3 rings (SSSR count). The largest absolute Gasteiger partial charge is 0.380 e. The first-order valence-electron chi connectivity index (χ1n) is 6.10. The van der Waals surface area contributed by atoms with Gasteiger partial charge in [0, 0.05) is 17.1 Å². The van der Waals surface area contributed by atoms with Crippen LogP contribution in [0.15, 0.2) is 40.9 Å². The summed E-state index contributed by atoms with van der Waals surface area (Å²) in [5.74, 6) is 1.15. The second-order valence-corrected chi connectivity index (χ2v) is 6.05. The van der Waals surface area contributed by atoms with Crippen LogP contribution in [0.2, 0.25) is 4.34 Å². The number of hydrogen-bond acceptors (Lipinski definition) is 5. The van der Waals surface area contributed by atoms with Crippen LogP contribution in [0.4, 0.5) is 5.69 Å². The lowest BCUT2D eigenvalue weighted by Gasteiger charge is -2.08. The average molecular weight is 306 g/mol. The van der Waals surface area contributed by atoms with Gasteiger partial charge in [0.1, 0.15) is 0 Å². The second kappa shape index (κ2) is 5.64. The molecule has 6 heteroatoms.